The van der Waals surface area contributed by atoms with Gasteiger partial charge in [0.1, 0.15) is 11.3 Å². The van der Waals surface area contributed by atoms with Crippen LogP contribution in [0.15, 0.2) is 24.4 Å². The summed E-state index contributed by atoms with van der Waals surface area (Å²) < 4.78 is 1.80. The monoisotopic (exact) mass is 303 g/mol. The van der Waals surface area contributed by atoms with E-state index in [0.29, 0.717) is 25.1 Å². The fourth-order valence-electron chi connectivity index (χ4n) is 2.40. The zero-order valence-electron chi connectivity index (χ0n) is 12.7. The number of pyridine rings is 1. The highest BCUT2D eigenvalue weighted by Crippen LogP contribution is 2.13. The number of aliphatic carboxylic acids is 1. The Morgan fingerprint density at radius 1 is 1.27 bits per heavy atom. The second-order valence-electron chi connectivity index (χ2n) is 5.15. The van der Waals surface area contributed by atoms with Crippen LogP contribution in [-0.2, 0) is 11.2 Å². The van der Waals surface area contributed by atoms with Crippen LogP contribution in [-0.4, -0.2) is 32.9 Å². The summed E-state index contributed by atoms with van der Waals surface area (Å²) in [4.78, 5) is 27.3. The van der Waals surface area contributed by atoms with E-state index in [1.54, 1.807) is 4.40 Å². The third kappa shape index (κ3) is 3.84. The number of nitrogens with one attached hydrogen (secondary N) is 1. The Morgan fingerprint density at radius 2 is 2.09 bits per heavy atom. The van der Waals surface area contributed by atoms with E-state index in [2.05, 4.69) is 10.3 Å². The number of imidazole rings is 1. The first kappa shape index (κ1) is 16.0. The van der Waals surface area contributed by atoms with Crippen LogP contribution >= 0.6 is 0 Å². The van der Waals surface area contributed by atoms with E-state index in [0.717, 1.165) is 24.2 Å². The molecule has 0 bridgehead atoms. The van der Waals surface area contributed by atoms with Crippen LogP contribution in [0, 0.1) is 0 Å². The lowest BCUT2D eigenvalue weighted by Crippen LogP contribution is -2.26. The van der Waals surface area contributed by atoms with Crippen molar-refractivity contribution in [2.75, 3.05) is 6.54 Å². The average molecular weight is 303 g/mol. The summed E-state index contributed by atoms with van der Waals surface area (Å²) in [5.41, 5.74) is 2.14. The molecule has 0 saturated carbocycles. The third-order valence-corrected chi connectivity index (χ3v) is 3.51. The topological polar surface area (TPSA) is 83.7 Å². The molecule has 0 aliphatic heterocycles. The molecule has 1 amide bonds. The number of unbranched alkanes of at least 4 members (excludes halogenated alkanes) is 2. The number of carboxylic acid groups (broad SMARTS) is 1. The van der Waals surface area contributed by atoms with Gasteiger partial charge < -0.3 is 10.4 Å². The maximum absolute atomic E-state index is 12.4. The molecular formula is C16H21N3O3. The van der Waals surface area contributed by atoms with Crippen molar-refractivity contribution in [3.8, 4) is 0 Å². The number of carbonyl (C=O) groups is 2. The molecule has 0 radical (unpaired) electrons. The molecule has 0 aliphatic rings. The lowest BCUT2D eigenvalue weighted by Gasteiger charge is -2.06. The Kier molecular flexibility index (Phi) is 5.52. The molecule has 0 spiro atoms. The van der Waals surface area contributed by atoms with Gasteiger partial charge in [0, 0.05) is 19.2 Å². The number of fused-ring (bicyclic) bond motifs is 1. The number of hydrogen-bond acceptors (Lipinski definition) is 3. The first-order valence-corrected chi connectivity index (χ1v) is 7.59. The smallest absolute Gasteiger partial charge is 0.303 e. The summed E-state index contributed by atoms with van der Waals surface area (Å²) in [6.45, 7) is 2.52. The Balaban J connectivity index is 1.94. The molecule has 2 aromatic heterocycles. The van der Waals surface area contributed by atoms with Crippen LogP contribution in [0.2, 0.25) is 0 Å². The minimum Gasteiger partial charge on any atom is -0.481 e. The van der Waals surface area contributed by atoms with E-state index >= 15 is 0 Å². The number of rotatable bonds is 8. The van der Waals surface area contributed by atoms with Gasteiger partial charge >= 0.3 is 5.97 Å². The van der Waals surface area contributed by atoms with Crippen molar-refractivity contribution in [1.82, 2.24) is 14.7 Å². The largest absolute Gasteiger partial charge is 0.481 e. The summed E-state index contributed by atoms with van der Waals surface area (Å²) in [5, 5.41) is 11.5. The van der Waals surface area contributed by atoms with Gasteiger partial charge in [-0.25, -0.2) is 4.98 Å². The molecule has 0 aromatic carbocycles. The van der Waals surface area contributed by atoms with E-state index in [4.69, 9.17) is 5.11 Å². The molecule has 2 rings (SSSR count). The van der Waals surface area contributed by atoms with E-state index in [1.165, 1.54) is 0 Å². The Hall–Kier alpha value is -2.37. The number of aromatic nitrogens is 2. The number of amides is 1. The molecule has 6 nitrogen and oxygen atoms in total. The number of aryl methyl sites for hydroxylation is 1. The predicted octanol–water partition coefficient (Wildman–Crippen LogP) is 2.27. The number of carbonyl (C=O) groups excluding carboxylic acids is 1. The third-order valence-electron chi connectivity index (χ3n) is 3.51. The molecule has 118 valence electrons. The normalized spacial score (nSPS) is 10.8. The summed E-state index contributed by atoms with van der Waals surface area (Å²) >= 11 is 0. The fourth-order valence-corrected chi connectivity index (χ4v) is 2.40. The molecule has 2 heterocycles. The van der Waals surface area contributed by atoms with Crippen LogP contribution in [0.4, 0.5) is 0 Å². The van der Waals surface area contributed by atoms with Gasteiger partial charge in [0.25, 0.3) is 5.91 Å². The van der Waals surface area contributed by atoms with Crippen LogP contribution in [0.25, 0.3) is 5.65 Å². The van der Waals surface area contributed by atoms with E-state index in [-0.39, 0.29) is 12.3 Å². The van der Waals surface area contributed by atoms with Crippen LogP contribution in [0.3, 0.4) is 0 Å². The van der Waals surface area contributed by atoms with E-state index in [1.807, 2.05) is 31.3 Å². The van der Waals surface area contributed by atoms with Gasteiger partial charge in [-0.1, -0.05) is 19.4 Å². The van der Waals surface area contributed by atoms with Crippen molar-refractivity contribution in [2.24, 2.45) is 0 Å². The summed E-state index contributed by atoms with van der Waals surface area (Å²) in [6.07, 6.45) is 4.92. The second kappa shape index (κ2) is 7.59. The van der Waals surface area contributed by atoms with E-state index in [9.17, 15) is 9.59 Å². The average Bonchev–Trinajstić information content (AvgIpc) is 2.88. The second-order valence-corrected chi connectivity index (χ2v) is 5.15. The van der Waals surface area contributed by atoms with Crippen molar-refractivity contribution >= 4 is 17.5 Å². The quantitative estimate of drug-likeness (QED) is 0.733. The molecule has 6 heteroatoms. The molecule has 0 aliphatic carbocycles. The van der Waals surface area contributed by atoms with Crippen molar-refractivity contribution in [3.05, 3.63) is 35.8 Å². The maximum Gasteiger partial charge on any atom is 0.303 e. The number of nitrogens with zero attached hydrogens (tertiary/aromatic N) is 2. The molecule has 2 aromatic rings. The van der Waals surface area contributed by atoms with Gasteiger partial charge in [-0.2, -0.15) is 0 Å². The maximum atomic E-state index is 12.4. The standard InChI is InChI=1S/C16H21N3O3/c1-2-12-15(19-11-7-5-8-13(19)18-12)16(22)17-10-6-3-4-9-14(20)21/h5,7-8,11H,2-4,6,9-10H2,1H3,(H,17,22)(H,20,21). The Bertz CT molecular complexity index is 664. The molecule has 0 saturated heterocycles. The zero-order valence-corrected chi connectivity index (χ0v) is 12.7. The first-order valence-electron chi connectivity index (χ1n) is 7.59. The molecule has 2 N–H and O–H groups in total. The van der Waals surface area contributed by atoms with Crippen LogP contribution in [0.5, 0.6) is 0 Å². The SMILES string of the molecule is CCc1nc2ccccn2c1C(=O)NCCCCCC(=O)O. The van der Waals surface area contributed by atoms with Gasteiger partial charge in [0.15, 0.2) is 0 Å². The predicted molar refractivity (Wildman–Crippen MR) is 83.0 cm³/mol. The minimum atomic E-state index is -0.776. The summed E-state index contributed by atoms with van der Waals surface area (Å²) in [5.74, 6) is -0.906. The first-order chi connectivity index (χ1) is 10.6. The zero-order chi connectivity index (χ0) is 15.9. The van der Waals surface area contributed by atoms with Crippen molar-refractivity contribution in [1.29, 1.82) is 0 Å². The van der Waals surface area contributed by atoms with Gasteiger partial charge in [-0.3, -0.25) is 14.0 Å². The highest BCUT2D eigenvalue weighted by Gasteiger charge is 2.17. The highest BCUT2D eigenvalue weighted by molar-refractivity contribution is 5.94. The minimum absolute atomic E-state index is 0.131. The van der Waals surface area contributed by atoms with Crippen LogP contribution in [0.1, 0.15) is 48.8 Å². The number of hydrogen-bond donors (Lipinski definition) is 2. The van der Waals surface area contributed by atoms with Gasteiger partial charge in [-0.15, -0.1) is 0 Å². The van der Waals surface area contributed by atoms with Crippen molar-refractivity contribution in [2.45, 2.75) is 39.0 Å². The molecular weight excluding hydrogens is 282 g/mol. The summed E-state index contributed by atoms with van der Waals surface area (Å²) in [7, 11) is 0. The summed E-state index contributed by atoms with van der Waals surface area (Å²) in [6, 6.07) is 5.64. The molecule has 22 heavy (non-hydrogen) atoms. The van der Waals surface area contributed by atoms with Crippen LogP contribution < -0.4 is 5.32 Å². The molecule has 0 unspecified atom stereocenters. The number of carboxylic acids is 1. The van der Waals surface area contributed by atoms with Crippen molar-refractivity contribution < 1.29 is 14.7 Å². The van der Waals surface area contributed by atoms with Gasteiger partial charge in [0.05, 0.1) is 5.69 Å². The van der Waals surface area contributed by atoms with Gasteiger partial charge in [-0.05, 0) is 31.4 Å². The molecule has 0 atom stereocenters. The highest BCUT2D eigenvalue weighted by atomic mass is 16.4. The fraction of sp³-hybridized carbons (Fsp3) is 0.438. The van der Waals surface area contributed by atoms with Crippen molar-refractivity contribution in [3.63, 3.8) is 0 Å². The van der Waals surface area contributed by atoms with E-state index < -0.39 is 5.97 Å². The van der Waals surface area contributed by atoms with Gasteiger partial charge in [0.2, 0.25) is 0 Å². The lowest BCUT2D eigenvalue weighted by atomic mass is 10.2. The Morgan fingerprint density at radius 3 is 2.82 bits per heavy atom. The lowest BCUT2D eigenvalue weighted by molar-refractivity contribution is -0.137. The molecule has 0 fully saturated rings. The Labute approximate surface area is 129 Å².